The summed E-state index contributed by atoms with van der Waals surface area (Å²) >= 11 is 0. The third-order valence-corrected chi connectivity index (χ3v) is 2.65. The highest BCUT2D eigenvalue weighted by molar-refractivity contribution is 5.04. The standard InChI is InChI=1S/C15H26O/c1-13(2)7-5-8-14(3)9-6-10-15(4)11-12-16/h9,11,16H,1,5-8,10,12H2,2-4H3/b14-9+,15-11+. The molecule has 1 N–H and O–H groups in total. The Hall–Kier alpha value is -0.820. The zero-order chi connectivity index (χ0) is 12.4. The molecule has 16 heavy (non-hydrogen) atoms. The van der Waals surface area contributed by atoms with Crippen molar-refractivity contribution in [2.75, 3.05) is 6.61 Å². The summed E-state index contributed by atoms with van der Waals surface area (Å²) in [5.74, 6) is 0. The number of hydrogen-bond acceptors (Lipinski definition) is 1. The molecule has 0 aliphatic carbocycles. The van der Waals surface area contributed by atoms with E-state index in [1.807, 2.05) is 6.08 Å². The summed E-state index contributed by atoms with van der Waals surface area (Å²) in [4.78, 5) is 0. The topological polar surface area (TPSA) is 20.2 Å². The van der Waals surface area contributed by atoms with E-state index in [1.54, 1.807) is 0 Å². The normalized spacial score (nSPS) is 13.0. The van der Waals surface area contributed by atoms with Crippen molar-refractivity contribution >= 4 is 0 Å². The van der Waals surface area contributed by atoms with Crippen molar-refractivity contribution in [3.8, 4) is 0 Å². The molecule has 0 amide bonds. The van der Waals surface area contributed by atoms with Gasteiger partial charge in [0.25, 0.3) is 0 Å². The summed E-state index contributed by atoms with van der Waals surface area (Å²) in [6, 6.07) is 0. The van der Waals surface area contributed by atoms with E-state index >= 15 is 0 Å². The van der Waals surface area contributed by atoms with Gasteiger partial charge in [-0.1, -0.05) is 28.9 Å². The number of rotatable bonds is 8. The van der Waals surface area contributed by atoms with E-state index in [0.717, 1.165) is 19.3 Å². The highest BCUT2D eigenvalue weighted by Gasteiger charge is 1.93. The van der Waals surface area contributed by atoms with Crippen LogP contribution in [0.15, 0.2) is 35.5 Å². The molecule has 0 unspecified atom stereocenters. The largest absolute Gasteiger partial charge is 0.392 e. The lowest BCUT2D eigenvalue weighted by molar-refractivity contribution is 0.341. The second-order valence-corrected chi connectivity index (χ2v) is 4.63. The molecule has 0 atom stereocenters. The van der Waals surface area contributed by atoms with E-state index in [9.17, 15) is 0 Å². The van der Waals surface area contributed by atoms with Crippen molar-refractivity contribution in [3.63, 3.8) is 0 Å². The maximum absolute atomic E-state index is 8.71. The van der Waals surface area contributed by atoms with Crippen LogP contribution in [0.25, 0.3) is 0 Å². The molecule has 0 saturated heterocycles. The van der Waals surface area contributed by atoms with Gasteiger partial charge in [-0.15, -0.1) is 6.58 Å². The van der Waals surface area contributed by atoms with Crippen LogP contribution in [0.5, 0.6) is 0 Å². The van der Waals surface area contributed by atoms with Gasteiger partial charge < -0.3 is 5.11 Å². The Bertz CT molecular complexity index is 259. The lowest BCUT2D eigenvalue weighted by Crippen LogP contribution is -1.83. The Balaban J connectivity index is 3.70. The first-order chi connectivity index (χ1) is 7.56. The quantitative estimate of drug-likeness (QED) is 0.604. The molecule has 0 aliphatic rings. The van der Waals surface area contributed by atoms with Crippen LogP contribution < -0.4 is 0 Å². The molecule has 0 aromatic rings. The summed E-state index contributed by atoms with van der Waals surface area (Å²) in [6.45, 7) is 10.4. The van der Waals surface area contributed by atoms with Crippen LogP contribution in [0.1, 0.15) is 52.9 Å². The molecule has 0 heterocycles. The zero-order valence-corrected chi connectivity index (χ0v) is 11.1. The molecule has 1 nitrogen and oxygen atoms in total. The van der Waals surface area contributed by atoms with Gasteiger partial charge in [0.1, 0.15) is 0 Å². The second kappa shape index (κ2) is 9.41. The van der Waals surface area contributed by atoms with Gasteiger partial charge in [-0.3, -0.25) is 0 Å². The Morgan fingerprint density at radius 1 is 1.00 bits per heavy atom. The Labute approximate surface area is 101 Å². The van der Waals surface area contributed by atoms with Crippen LogP contribution in [-0.2, 0) is 0 Å². The first-order valence-electron chi connectivity index (χ1n) is 6.12. The zero-order valence-electron chi connectivity index (χ0n) is 11.1. The maximum Gasteiger partial charge on any atom is 0.0614 e. The molecule has 0 saturated carbocycles. The lowest BCUT2D eigenvalue weighted by atomic mass is 10.0. The van der Waals surface area contributed by atoms with Crippen molar-refractivity contribution in [1.29, 1.82) is 0 Å². The minimum atomic E-state index is 0.160. The van der Waals surface area contributed by atoms with Gasteiger partial charge in [-0.05, 0) is 52.9 Å². The van der Waals surface area contributed by atoms with Crippen LogP contribution in [0.2, 0.25) is 0 Å². The van der Waals surface area contributed by atoms with E-state index in [0.29, 0.717) is 0 Å². The minimum Gasteiger partial charge on any atom is -0.392 e. The van der Waals surface area contributed by atoms with Gasteiger partial charge >= 0.3 is 0 Å². The van der Waals surface area contributed by atoms with E-state index in [-0.39, 0.29) is 6.61 Å². The monoisotopic (exact) mass is 222 g/mol. The molecule has 0 radical (unpaired) electrons. The summed E-state index contributed by atoms with van der Waals surface area (Å²) in [5.41, 5.74) is 4.01. The highest BCUT2D eigenvalue weighted by Crippen LogP contribution is 2.12. The fraction of sp³-hybridized carbons (Fsp3) is 0.600. The van der Waals surface area contributed by atoms with Gasteiger partial charge in [0.05, 0.1) is 6.61 Å². The number of allylic oxidation sites excluding steroid dienone is 4. The molecule has 92 valence electrons. The summed E-state index contributed by atoms with van der Waals surface area (Å²) in [5, 5.41) is 8.71. The predicted molar refractivity (Wildman–Crippen MR) is 72.5 cm³/mol. The average Bonchev–Trinajstić information content (AvgIpc) is 2.17. The predicted octanol–water partition coefficient (Wildman–Crippen LogP) is 4.40. The second-order valence-electron chi connectivity index (χ2n) is 4.63. The summed E-state index contributed by atoms with van der Waals surface area (Å²) in [6.07, 6.45) is 9.85. The SMILES string of the molecule is C=C(C)CCC/C(C)=C/CC/C(C)=C/CO. The number of hydrogen-bond donors (Lipinski definition) is 1. The minimum absolute atomic E-state index is 0.160. The molecule has 0 bridgehead atoms. The van der Waals surface area contributed by atoms with Gasteiger partial charge in [0.2, 0.25) is 0 Å². The molecule has 0 fully saturated rings. The molecule has 0 rings (SSSR count). The molecule has 0 aliphatic heterocycles. The van der Waals surface area contributed by atoms with Crippen LogP contribution in [0.3, 0.4) is 0 Å². The van der Waals surface area contributed by atoms with Crippen molar-refractivity contribution < 1.29 is 5.11 Å². The molecular formula is C15H26O. The van der Waals surface area contributed by atoms with Crippen molar-refractivity contribution in [2.45, 2.75) is 52.9 Å². The van der Waals surface area contributed by atoms with Gasteiger partial charge in [0.15, 0.2) is 0 Å². The molecule has 0 aromatic carbocycles. The highest BCUT2D eigenvalue weighted by atomic mass is 16.2. The molecular weight excluding hydrogens is 196 g/mol. The number of aliphatic hydroxyl groups is 1. The van der Waals surface area contributed by atoms with E-state index in [1.165, 1.54) is 29.6 Å². The van der Waals surface area contributed by atoms with Gasteiger partial charge in [-0.2, -0.15) is 0 Å². The molecule has 1 heteroatoms. The Kier molecular flexibility index (Phi) is 8.93. The summed E-state index contributed by atoms with van der Waals surface area (Å²) < 4.78 is 0. The van der Waals surface area contributed by atoms with Gasteiger partial charge in [-0.25, -0.2) is 0 Å². The van der Waals surface area contributed by atoms with E-state index in [2.05, 4.69) is 33.4 Å². The van der Waals surface area contributed by atoms with E-state index < -0.39 is 0 Å². The van der Waals surface area contributed by atoms with Crippen LogP contribution in [-0.4, -0.2) is 11.7 Å². The first kappa shape index (κ1) is 15.2. The number of aliphatic hydroxyl groups excluding tert-OH is 1. The van der Waals surface area contributed by atoms with Crippen LogP contribution >= 0.6 is 0 Å². The molecule has 0 spiro atoms. The Morgan fingerprint density at radius 3 is 2.19 bits per heavy atom. The average molecular weight is 222 g/mol. The molecule has 0 aromatic heterocycles. The van der Waals surface area contributed by atoms with Crippen molar-refractivity contribution in [1.82, 2.24) is 0 Å². The van der Waals surface area contributed by atoms with Crippen LogP contribution in [0, 0.1) is 0 Å². The fourth-order valence-electron chi connectivity index (χ4n) is 1.58. The van der Waals surface area contributed by atoms with Crippen molar-refractivity contribution in [2.24, 2.45) is 0 Å². The van der Waals surface area contributed by atoms with Crippen LogP contribution in [0.4, 0.5) is 0 Å². The van der Waals surface area contributed by atoms with Gasteiger partial charge in [0, 0.05) is 0 Å². The first-order valence-corrected chi connectivity index (χ1v) is 6.12. The third kappa shape index (κ3) is 9.72. The summed E-state index contributed by atoms with van der Waals surface area (Å²) in [7, 11) is 0. The van der Waals surface area contributed by atoms with Crippen molar-refractivity contribution in [3.05, 3.63) is 35.5 Å². The third-order valence-electron chi connectivity index (χ3n) is 2.65. The Morgan fingerprint density at radius 2 is 1.62 bits per heavy atom. The maximum atomic E-state index is 8.71. The van der Waals surface area contributed by atoms with E-state index in [4.69, 9.17) is 5.11 Å². The fourth-order valence-corrected chi connectivity index (χ4v) is 1.58. The smallest absolute Gasteiger partial charge is 0.0614 e. The lowest BCUT2D eigenvalue weighted by Gasteiger charge is -2.02.